The maximum atomic E-state index is 10.8. The predicted molar refractivity (Wildman–Crippen MR) is 60.1 cm³/mol. The van der Waals surface area contributed by atoms with E-state index in [1.807, 2.05) is 19.1 Å². The van der Waals surface area contributed by atoms with Gasteiger partial charge in [-0.15, -0.1) is 5.92 Å². The monoisotopic (exact) mass is 202 g/mol. The predicted octanol–water partition coefficient (Wildman–Crippen LogP) is 0.898. The number of amides is 1. The lowest BCUT2D eigenvalue weighted by Gasteiger charge is -2.02. The molecule has 0 bridgehead atoms. The molecule has 0 radical (unpaired) electrons. The van der Waals surface area contributed by atoms with Gasteiger partial charge in [0.15, 0.2) is 0 Å². The van der Waals surface area contributed by atoms with Crippen molar-refractivity contribution in [3.8, 4) is 11.8 Å². The highest BCUT2D eigenvalue weighted by atomic mass is 16.1. The number of nitrogens with two attached hydrogens (primary N) is 1. The summed E-state index contributed by atoms with van der Waals surface area (Å²) in [6.45, 7) is 3.23. The van der Waals surface area contributed by atoms with E-state index >= 15 is 0 Å². The van der Waals surface area contributed by atoms with Gasteiger partial charge in [-0.05, 0) is 24.6 Å². The fourth-order valence-electron chi connectivity index (χ4n) is 1.14. The Morgan fingerprint density at radius 2 is 2.07 bits per heavy atom. The summed E-state index contributed by atoms with van der Waals surface area (Å²) in [6, 6.07) is 7.22. The van der Waals surface area contributed by atoms with E-state index in [1.165, 1.54) is 0 Å². The molecule has 0 aromatic heterocycles. The summed E-state index contributed by atoms with van der Waals surface area (Å²) < 4.78 is 0. The van der Waals surface area contributed by atoms with Gasteiger partial charge in [-0.25, -0.2) is 0 Å². The molecule has 0 atom stereocenters. The zero-order chi connectivity index (χ0) is 11.1. The molecule has 0 aliphatic carbocycles. The van der Waals surface area contributed by atoms with Crippen LogP contribution in [0.1, 0.15) is 22.8 Å². The molecule has 0 spiro atoms. The fourth-order valence-corrected chi connectivity index (χ4v) is 1.14. The number of carbonyl (C=O) groups excluding carboxylic acids is 1. The van der Waals surface area contributed by atoms with E-state index < -0.39 is 5.91 Å². The Morgan fingerprint density at radius 1 is 1.40 bits per heavy atom. The minimum atomic E-state index is -0.397. The summed E-state index contributed by atoms with van der Waals surface area (Å²) >= 11 is 0. The van der Waals surface area contributed by atoms with E-state index in [9.17, 15) is 4.79 Å². The van der Waals surface area contributed by atoms with Crippen LogP contribution in [0.4, 0.5) is 0 Å². The van der Waals surface area contributed by atoms with Gasteiger partial charge in [0.2, 0.25) is 5.91 Å². The molecule has 0 aliphatic heterocycles. The largest absolute Gasteiger partial charge is 0.366 e. The Hall–Kier alpha value is -1.79. The molecule has 1 amide bonds. The topological polar surface area (TPSA) is 55.1 Å². The molecule has 0 saturated carbocycles. The van der Waals surface area contributed by atoms with E-state index in [0.29, 0.717) is 12.1 Å². The van der Waals surface area contributed by atoms with E-state index in [-0.39, 0.29) is 0 Å². The molecule has 78 valence electrons. The molecule has 0 heterocycles. The Kier molecular flexibility index (Phi) is 4.39. The zero-order valence-electron chi connectivity index (χ0n) is 8.71. The molecule has 3 nitrogen and oxygen atoms in total. The number of nitrogens with one attached hydrogen (secondary N) is 1. The lowest BCUT2D eigenvalue weighted by Crippen LogP contribution is -2.14. The Balaban J connectivity index is 2.48. The Morgan fingerprint density at radius 3 is 2.60 bits per heavy atom. The van der Waals surface area contributed by atoms with Crippen molar-refractivity contribution in [2.24, 2.45) is 5.73 Å². The van der Waals surface area contributed by atoms with Gasteiger partial charge in [-0.3, -0.25) is 4.79 Å². The number of primary amides is 1. The lowest BCUT2D eigenvalue weighted by molar-refractivity contribution is 0.100. The highest BCUT2D eigenvalue weighted by molar-refractivity contribution is 5.92. The van der Waals surface area contributed by atoms with E-state index in [2.05, 4.69) is 17.2 Å². The standard InChI is InChI=1S/C12H14N2O/c1-2-3-8-14-9-10-4-6-11(7-5-10)12(13)15/h4-7,14H,8-9H2,1H3,(H2,13,15). The molecule has 1 aromatic rings. The third-order valence-electron chi connectivity index (χ3n) is 1.96. The molecule has 0 unspecified atom stereocenters. The number of carbonyl (C=O) groups is 1. The number of benzene rings is 1. The molecule has 15 heavy (non-hydrogen) atoms. The quantitative estimate of drug-likeness (QED) is 0.563. The molecule has 1 rings (SSSR count). The molecule has 0 aliphatic rings. The average molecular weight is 202 g/mol. The van der Waals surface area contributed by atoms with Gasteiger partial charge in [-0.2, -0.15) is 0 Å². The normalized spacial score (nSPS) is 9.13. The molecule has 0 fully saturated rings. The van der Waals surface area contributed by atoms with Crippen molar-refractivity contribution in [1.29, 1.82) is 0 Å². The molecular formula is C12H14N2O. The van der Waals surface area contributed by atoms with Crippen LogP contribution in [0, 0.1) is 11.8 Å². The Bertz CT molecular complexity index is 384. The summed E-state index contributed by atoms with van der Waals surface area (Å²) in [5.41, 5.74) is 6.77. The van der Waals surface area contributed by atoms with Crippen molar-refractivity contribution in [3.05, 3.63) is 35.4 Å². The van der Waals surface area contributed by atoms with Gasteiger partial charge >= 0.3 is 0 Å². The van der Waals surface area contributed by atoms with Crippen LogP contribution in [-0.4, -0.2) is 12.5 Å². The first-order valence-corrected chi connectivity index (χ1v) is 4.73. The zero-order valence-corrected chi connectivity index (χ0v) is 8.71. The molecule has 0 saturated heterocycles. The van der Waals surface area contributed by atoms with E-state index in [4.69, 9.17) is 5.73 Å². The highest BCUT2D eigenvalue weighted by Crippen LogP contribution is 2.03. The van der Waals surface area contributed by atoms with Crippen molar-refractivity contribution in [3.63, 3.8) is 0 Å². The first-order valence-electron chi connectivity index (χ1n) is 4.73. The second-order valence-corrected chi connectivity index (χ2v) is 3.09. The van der Waals surface area contributed by atoms with Crippen molar-refractivity contribution < 1.29 is 4.79 Å². The third-order valence-corrected chi connectivity index (χ3v) is 1.96. The molecular weight excluding hydrogens is 188 g/mol. The summed E-state index contributed by atoms with van der Waals surface area (Å²) in [5.74, 6) is 5.32. The van der Waals surface area contributed by atoms with Crippen LogP contribution in [0.2, 0.25) is 0 Å². The van der Waals surface area contributed by atoms with Crippen LogP contribution < -0.4 is 11.1 Å². The van der Waals surface area contributed by atoms with Crippen LogP contribution in [0.5, 0.6) is 0 Å². The average Bonchev–Trinajstić information content (AvgIpc) is 2.25. The Labute approximate surface area is 89.7 Å². The van der Waals surface area contributed by atoms with Gasteiger partial charge in [0.05, 0.1) is 6.54 Å². The summed E-state index contributed by atoms with van der Waals surface area (Å²) in [5, 5.41) is 3.16. The van der Waals surface area contributed by atoms with Crippen molar-refractivity contribution in [1.82, 2.24) is 5.32 Å². The highest BCUT2D eigenvalue weighted by Gasteiger charge is 1.98. The number of hydrogen-bond acceptors (Lipinski definition) is 2. The maximum absolute atomic E-state index is 10.8. The van der Waals surface area contributed by atoms with Crippen LogP contribution in [0.15, 0.2) is 24.3 Å². The third kappa shape index (κ3) is 3.84. The smallest absolute Gasteiger partial charge is 0.248 e. The number of hydrogen-bond donors (Lipinski definition) is 2. The number of rotatable bonds is 4. The van der Waals surface area contributed by atoms with Gasteiger partial charge in [0, 0.05) is 12.1 Å². The minimum absolute atomic E-state index is 0.397. The molecule has 1 aromatic carbocycles. The second-order valence-electron chi connectivity index (χ2n) is 3.09. The molecule has 3 N–H and O–H groups in total. The van der Waals surface area contributed by atoms with Crippen molar-refractivity contribution >= 4 is 5.91 Å². The van der Waals surface area contributed by atoms with Gasteiger partial charge in [-0.1, -0.05) is 18.1 Å². The molecule has 3 heteroatoms. The maximum Gasteiger partial charge on any atom is 0.248 e. The van der Waals surface area contributed by atoms with Gasteiger partial charge < -0.3 is 11.1 Å². The SMILES string of the molecule is CC#CCNCc1ccc(C(N)=O)cc1. The fraction of sp³-hybridized carbons (Fsp3) is 0.250. The summed E-state index contributed by atoms with van der Waals surface area (Å²) in [6.07, 6.45) is 0. The van der Waals surface area contributed by atoms with E-state index in [0.717, 1.165) is 12.1 Å². The lowest BCUT2D eigenvalue weighted by atomic mass is 10.1. The van der Waals surface area contributed by atoms with Crippen LogP contribution in [0.3, 0.4) is 0 Å². The summed E-state index contributed by atoms with van der Waals surface area (Å²) in [4.78, 5) is 10.8. The van der Waals surface area contributed by atoms with Crippen LogP contribution in [0.25, 0.3) is 0 Å². The van der Waals surface area contributed by atoms with Crippen molar-refractivity contribution in [2.75, 3.05) is 6.54 Å². The first-order chi connectivity index (χ1) is 7.24. The van der Waals surface area contributed by atoms with Gasteiger partial charge in [0.1, 0.15) is 0 Å². The first kappa shape index (κ1) is 11.3. The van der Waals surface area contributed by atoms with Crippen LogP contribution >= 0.6 is 0 Å². The minimum Gasteiger partial charge on any atom is -0.366 e. The second kappa shape index (κ2) is 5.84. The van der Waals surface area contributed by atoms with E-state index in [1.54, 1.807) is 12.1 Å². The van der Waals surface area contributed by atoms with Crippen molar-refractivity contribution in [2.45, 2.75) is 13.5 Å². The van der Waals surface area contributed by atoms with Crippen LogP contribution in [-0.2, 0) is 6.54 Å². The summed E-state index contributed by atoms with van der Waals surface area (Å²) in [7, 11) is 0. The van der Waals surface area contributed by atoms with Gasteiger partial charge in [0.25, 0.3) is 0 Å².